The Hall–Kier alpha value is -0.120. The average Bonchev–Trinajstić information content (AvgIpc) is 2.61. The fourth-order valence-electron chi connectivity index (χ4n) is 3.67. The van der Waals surface area contributed by atoms with E-state index in [4.69, 9.17) is 5.73 Å². The van der Waals surface area contributed by atoms with E-state index in [0.29, 0.717) is 6.04 Å². The quantitative estimate of drug-likeness (QED) is 0.769. The molecule has 0 amide bonds. The van der Waals surface area contributed by atoms with Crippen LogP contribution in [0.1, 0.15) is 40.0 Å². The summed E-state index contributed by atoms with van der Waals surface area (Å²) in [6.07, 6.45) is 3.88. The van der Waals surface area contributed by atoms with Crippen LogP contribution in [0, 0.1) is 5.92 Å². The molecule has 0 saturated heterocycles. The molecule has 0 bridgehead atoms. The molecule has 0 aromatic carbocycles. The van der Waals surface area contributed by atoms with E-state index in [1.165, 1.54) is 19.3 Å². The van der Waals surface area contributed by atoms with E-state index >= 15 is 0 Å². The number of hydrogen-bond donors (Lipinski definition) is 1. The fourth-order valence-corrected chi connectivity index (χ4v) is 3.67. The highest BCUT2D eigenvalue weighted by Gasteiger charge is 2.42. The van der Waals surface area contributed by atoms with Crippen LogP contribution in [-0.2, 0) is 0 Å². The largest absolute Gasteiger partial charge is 0.329 e. The van der Waals surface area contributed by atoms with Gasteiger partial charge in [0.25, 0.3) is 0 Å². The second kappa shape index (κ2) is 6.17. The van der Waals surface area contributed by atoms with E-state index in [-0.39, 0.29) is 5.54 Å². The van der Waals surface area contributed by atoms with Crippen LogP contribution in [0.3, 0.4) is 0 Å². The Labute approximate surface area is 107 Å². The zero-order valence-corrected chi connectivity index (χ0v) is 12.4. The van der Waals surface area contributed by atoms with Gasteiger partial charge in [-0.2, -0.15) is 0 Å². The van der Waals surface area contributed by atoms with Crippen molar-refractivity contribution in [2.24, 2.45) is 11.7 Å². The van der Waals surface area contributed by atoms with E-state index in [9.17, 15) is 0 Å². The van der Waals surface area contributed by atoms with E-state index in [0.717, 1.165) is 25.6 Å². The molecule has 3 unspecified atom stereocenters. The molecule has 1 saturated carbocycles. The zero-order valence-electron chi connectivity index (χ0n) is 12.4. The average molecular weight is 241 g/mol. The van der Waals surface area contributed by atoms with Gasteiger partial charge in [-0.25, -0.2) is 0 Å². The number of likely N-dealkylation sites (N-methyl/N-ethyl adjacent to an activating group) is 2. The Kier molecular flexibility index (Phi) is 5.42. The monoisotopic (exact) mass is 241 g/mol. The van der Waals surface area contributed by atoms with Crippen LogP contribution in [0.4, 0.5) is 0 Å². The summed E-state index contributed by atoms with van der Waals surface area (Å²) >= 11 is 0. The lowest BCUT2D eigenvalue weighted by atomic mass is 9.92. The standard InChI is InChI=1S/C14H31N3/c1-6-17(13(3)10-16(4)5)14(11-15)8-7-12(2)9-14/h12-13H,6-11,15H2,1-5H3. The molecule has 3 atom stereocenters. The third kappa shape index (κ3) is 3.43. The summed E-state index contributed by atoms with van der Waals surface area (Å²) in [5.74, 6) is 0.833. The van der Waals surface area contributed by atoms with Crippen molar-refractivity contribution < 1.29 is 0 Å². The highest BCUT2D eigenvalue weighted by Crippen LogP contribution is 2.39. The maximum absolute atomic E-state index is 6.12. The predicted octanol–water partition coefficient (Wildman–Crippen LogP) is 1.78. The van der Waals surface area contributed by atoms with Crippen molar-refractivity contribution in [3.63, 3.8) is 0 Å². The van der Waals surface area contributed by atoms with Crippen LogP contribution in [0.5, 0.6) is 0 Å². The van der Waals surface area contributed by atoms with Gasteiger partial charge < -0.3 is 10.6 Å². The van der Waals surface area contributed by atoms with Crippen LogP contribution in [0.2, 0.25) is 0 Å². The Balaban J connectivity index is 2.76. The van der Waals surface area contributed by atoms with Crippen molar-refractivity contribution in [3.8, 4) is 0 Å². The lowest BCUT2D eigenvalue weighted by Crippen LogP contribution is -2.57. The maximum atomic E-state index is 6.12. The lowest BCUT2D eigenvalue weighted by Gasteiger charge is -2.45. The molecule has 1 aliphatic rings. The normalized spacial score (nSPS) is 31.4. The third-order valence-electron chi connectivity index (χ3n) is 4.32. The van der Waals surface area contributed by atoms with Crippen LogP contribution in [-0.4, -0.2) is 55.1 Å². The van der Waals surface area contributed by atoms with Crippen LogP contribution in [0.15, 0.2) is 0 Å². The van der Waals surface area contributed by atoms with Gasteiger partial charge in [0.05, 0.1) is 0 Å². The molecule has 17 heavy (non-hydrogen) atoms. The van der Waals surface area contributed by atoms with Crippen molar-refractivity contribution in [2.75, 3.05) is 33.7 Å². The molecular weight excluding hydrogens is 210 g/mol. The molecular formula is C14H31N3. The van der Waals surface area contributed by atoms with Gasteiger partial charge in [-0.15, -0.1) is 0 Å². The number of nitrogens with two attached hydrogens (primary N) is 1. The second-order valence-electron chi connectivity index (χ2n) is 6.17. The second-order valence-corrected chi connectivity index (χ2v) is 6.17. The molecule has 0 heterocycles. The summed E-state index contributed by atoms with van der Waals surface area (Å²) in [6, 6.07) is 0.587. The summed E-state index contributed by atoms with van der Waals surface area (Å²) in [5.41, 5.74) is 6.39. The van der Waals surface area contributed by atoms with Gasteiger partial charge >= 0.3 is 0 Å². The third-order valence-corrected chi connectivity index (χ3v) is 4.32. The molecule has 2 N–H and O–H groups in total. The first-order valence-electron chi connectivity index (χ1n) is 7.06. The minimum Gasteiger partial charge on any atom is -0.329 e. The summed E-state index contributed by atoms with van der Waals surface area (Å²) in [4.78, 5) is 4.92. The highest BCUT2D eigenvalue weighted by atomic mass is 15.3. The first-order valence-corrected chi connectivity index (χ1v) is 7.06. The zero-order chi connectivity index (χ0) is 13.1. The highest BCUT2D eigenvalue weighted by molar-refractivity contribution is 4.99. The summed E-state index contributed by atoms with van der Waals surface area (Å²) in [6.45, 7) is 10.0. The predicted molar refractivity (Wildman–Crippen MR) is 75.2 cm³/mol. The van der Waals surface area contributed by atoms with Crippen LogP contribution in [0.25, 0.3) is 0 Å². The number of hydrogen-bond acceptors (Lipinski definition) is 3. The summed E-state index contributed by atoms with van der Waals surface area (Å²) < 4.78 is 0. The van der Waals surface area contributed by atoms with Gasteiger partial charge in [-0.05, 0) is 52.7 Å². The van der Waals surface area contributed by atoms with Crippen molar-refractivity contribution in [1.29, 1.82) is 0 Å². The molecule has 0 aromatic rings. The van der Waals surface area contributed by atoms with E-state index in [1.54, 1.807) is 0 Å². The van der Waals surface area contributed by atoms with Crippen molar-refractivity contribution in [2.45, 2.75) is 51.6 Å². The van der Waals surface area contributed by atoms with E-state index in [1.807, 2.05) is 0 Å². The number of rotatable bonds is 6. The summed E-state index contributed by atoms with van der Waals surface area (Å²) in [7, 11) is 4.30. The van der Waals surface area contributed by atoms with Crippen LogP contribution < -0.4 is 5.73 Å². The molecule has 0 aromatic heterocycles. The van der Waals surface area contributed by atoms with Gasteiger partial charge in [0.2, 0.25) is 0 Å². The Bertz CT molecular complexity index is 230. The Morgan fingerprint density at radius 3 is 2.41 bits per heavy atom. The smallest absolute Gasteiger partial charge is 0.0337 e. The Morgan fingerprint density at radius 1 is 1.41 bits per heavy atom. The first kappa shape index (κ1) is 14.9. The molecule has 3 nitrogen and oxygen atoms in total. The molecule has 1 fully saturated rings. The lowest BCUT2D eigenvalue weighted by molar-refractivity contribution is 0.0502. The van der Waals surface area contributed by atoms with Gasteiger partial charge in [0.15, 0.2) is 0 Å². The van der Waals surface area contributed by atoms with Crippen molar-refractivity contribution >= 4 is 0 Å². The first-order chi connectivity index (χ1) is 7.95. The van der Waals surface area contributed by atoms with Crippen molar-refractivity contribution in [1.82, 2.24) is 9.80 Å². The van der Waals surface area contributed by atoms with Gasteiger partial charge in [-0.3, -0.25) is 4.90 Å². The number of nitrogens with zero attached hydrogens (tertiary/aromatic N) is 2. The van der Waals surface area contributed by atoms with Crippen LogP contribution >= 0.6 is 0 Å². The molecule has 0 aliphatic heterocycles. The van der Waals surface area contributed by atoms with Gasteiger partial charge in [0, 0.05) is 24.7 Å². The van der Waals surface area contributed by atoms with Gasteiger partial charge in [0.1, 0.15) is 0 Å². The molecule has 102 valence electrons. The Morgan fingerprint density at radius 2 is 2.06 bits per heavy atom. The molecule has 3 heteroatoms. The topological polar surface area (TPSA) is 32.5 Å². The minimum absolute atomic E-state index is 0.267. The minimum atomic E-state index is 0.267. The fraction of sp³-hybridized carbons (Fsp3) is 1.00. The van der Waals surface area contributed by atoms with E-state index < -0.39 is 0 Å². The van der Waals surface area contributed by atoms with Crippen molar-refractivity contribution in [3.05, 3.63) is 0 Å². The molecule has 0 spiro atoms. The molecule has 1 aliphatic carbocycles. The summed E-state index contributed by atoms with van der Waals surface area (Å²) in [5, 5.41) is 0. The molecule has 1 rings (SSSR count). The SMILES string of the molecule is CCN(C(C)CN(C)C)C1(CN)CCC(C)C1. The van der Waals surface area contributed by atoms with E-state index in [2.05, 4.69) is 44.7 Å². The molecule has 0 radical (unpaired) electrons. The maximum Gasteiger partial charge on any atom is 0.0337 e. The van der Waals surface area contributed by atoms with Gasteiger partial charge in [-0.1, -0.05) is 13.8 Å².